The summed E-state index contributed by atoms with van der Waals surface area (Å²) in [5.74, 6) is 2.72. The van der Waals surface area contributed by atoms with Crippen LogP contribution in [0.5, 0.6) is 0 Å². The Labute approximate surface area is 111 Å². The quantitative estimate of drug-likeness (QED) is 0.865. The highest BCUT2D eigenvalue weighted by molar-refractivity contribution is 8.01. The van der Waals surface area contributed by atoms with Gasteiger partial charge in [0.15, 0.2) is 15.7 Å². The minimum absolute atomic E-state index is 0.516. The van der Waals surface area contributed by atoms with Crippen molar-refractivity contribution in [1.29, 1.82) is 0 Å². The van der Waals surface area contributed by atoms with Crippen molar-refractivity contribution in [2.45, 2.75) is 5.37 Å². The lowest BCUT2D eigenvalue weighted by Gasteiger charge is -2.34. The first kappa shape index (κ1) is 13.4. The first-order chi connectivity index (χ1) is 8.52. The van der Waals surface area contributed by atoms with Gasteiger partial charge in [-0.15, -0.1) is 0 Å². The fourth-order valence-corrected chi connectivity index (χ4v) is 4.64. The third-order valence-corrected chi connectivity index (χ3v) is 5.39. The second-order valence-corrected chi connectivity index (χ2v) is 7.42. The highest BCUT2D eigenvalue weighted by Crippen LogP contribution is 2.25. The molecule has 1 aliphatic heterocycles. The number of thioether (sulfide) groups is 1. The molecular formula is C10H16N4O2S2. The normalized spacial score (nSPS) is 20.8. The third-order valence-electron chi connectivity index (χ3n) is 2.75. The SMILES string of the molecule is CNc1cncc(N2CCSCC2S(C)(=O)=O)n1. The maximum Gasteiger partial charge on any atom is 0.169 e. The molecule has 1 unspecified atom stereocenters. The topological polar surface area (TPSA) is 75.2 Å². The standard InChI is InChI=1S/C10H16N4O2S2/c1-11-8-5-12-6-9(13-8)14-3-4-17-7-10(14)18(2,15)16/h5-6,10H,3-4,7H2,1-2H3,(H,11,13). The van der Waals surface area contributed by atoms with E-state index in [1.165, 1.54) is 6.26 Å². The number of anilines is 2. The fourth-order valence-electron chi connectivity index (χ4n) is 1.81. The summed E-state index contributed by atoms with van der Waals surface area (Å²) in [5, 5.41) is 2.39. The van der Waals surface area contributed by atoms with Crippen LogP contribution in [0.15, 0.2) is 12.4 Å². The summed E-state index contributed by atoms with van der Waals surface area (Å²) in [6.45, 7) is 0.671. The van der Waals surface area contributed by atoms with Crippen LogP contribution < -0.4 is 10.2 Å². The van der Waals surface area contributed by atoms with E-state index in [4.69, 9.17) is 0 Å². The highest BCUT2D eigenvalue weighted by atomic mass is 32.2. The molecule has 0 aliphatic carbocycles. The molecule has 0 spiro atoms. The number of sulfone groups is 1. The molecule has 2 heterocycles. The Hall–Kier alpha value is -1.02. The van der Waals surface area contributed by atoms with Gasteiger partial charge in [-0.25, -0.2) is 13.4 Å². The summed E-state index contributed by atoms with van der Waals surface area (Å²) in [7, 11) is -1.37. The Morgan fingerprint density at radius 1 is 1.50 bits per heavy atom. The minimum Gasteiger partial charge on any atom is -0.372 e. The van der Waals surface area contributed by atoms with E-state index in [1.54, 1.807) is 31.2 Å². The molecule has 1 atom stereocenters. The molecule has 0 aromatic carbocycles. The van der Waals surface area contributed by atoms with Crippen LogP contribution in [0.2, 0.25) is 0 Å². The summed E-state index contributed by atoms with van der Waals surface area (Å²) >= 11 is 1.65. The third kappa shape index (κ3) is 2.86. The molecule has 0 saturated carbocycles. The van der Waals surface area contributed by atoms with Gasteiger partial charge in [-0.1, -0.05) is 0 Å². The Morgan fingerprint density at radius 3 is 2.94 bits per heavy atom. The van der Waals surface area contributed by atoms with Crippen LogP contribution in [0.1, 0.15) is 0 Å². The van der Waals surface area contributed by atoms with Gasteiger partial charge < -0.3 is 10.2 Å². The van der Waals surface area contributed by atoms with Gasteiger partial charge in [0.25, 0.3) is 0 Å². The molecule has 2 rings (SSSR count). The predicted octanol–water partition coefficient (Wildman–Crippen LogP) is 0.442. The highest BCUT2D eigenvalue weighted by Gasteiger charge is 2.32. The van der Waals surface area contributed by atoms with Crippen molar-refractivity contribution in [1.82, 2.24) is 9.97 Å². The molecule has 1 N–H and O–H groups in total. The number of aromatic nitrogens is 2. The van der Waals surface area contributed by atoms with Crippen molar-refractivity contribution in [3.05, 3.63) is 12.4 Å². The van der Waals surface area contributed by atoms with Crippen LogP contribution in [0, 0.1) is 0 Å². The van der Waals surface area contributed by atoms with Crippen molar-refractivity contribution in [2.24, 2.45) is 0 Å². The summed E-state index contributed by atoms with van der Waals surface area (Å²) in [6, 6.07) is 0. The van der Waals surface area contributed by atoms with Gasteiger partial charge >= 0.3 is 0 Å². The predicted molar refractivity (Wildman–Crippen MR) is 74.9 cm³/mol. The lowest BCUT2D eigenvalue weighted by molar-refractivity contribution is 0.583. The van der Waals surface area contributed by atoms with Crippen LogP contribution in [0.3, 0.4) is 0 Å². The zero-order chi connectivity index (χ0) is 13.2. The molecule has 0 amide bonds. The largest absolute Gasteiger partial charge is 0.372 e. The smallest absolute Gasteiger partial charge is 0.169 e. The molecule has 1 fully saturated rings. The van der Waals surface area contributed by atoms with Crippen molar-refractivity contribution < 1.29 is 8.42 Å². The molecular weight excluding hydrogens is 272 g/mol. The van der Waals surface area contributed by atoms with Crippen molar-refractivity contribution in [3.63, 3.8) is 0 Å². The summed E-state index contributed by atoms with van der Waals surface area (Å²) in [5.41, 5.74) is 0. The van der Waals surface area contributed by atoms with Gasteiger partial charge in [0.1, 0.15) is 11.2 Å². The van der Waals surface area contributed by atoms with Gasteiger partial charge in [0.2, 0.25) is 0 Å². The lowest BCUT2D eigenvalue weighted by atomic mass is 10.4. The molecule has 1 aliphatic rings. The molecule has 1 saturated heterocycles. The number of hydrogen-bond donors (Lipinski definition) is 1. The number of hydrogen-bond acceptors (Lipinski definition) is 7. The summed E-state index contributed by atoms with van der Waals surface area (Å²) in [4.78, 5) is 10.3. The zero-order valence-electron chi connectivity index (χ0n) is 10.3. The van der Waals surface area contributed by atoms with E-state index in [-0.39, 0.29) is 0 Å². The monoisotopic (exact) mass is 288 g/mol. The van der Waals surface area contributed by atoms with E-state index >= 15 is 0 Å². The fraction of sp³-hybridized carbons (Fsp3) is 0.600. The van der Waals surface area contributed by atoms with E-state index in [2.05, 4.69) is 15.3 Å². The molecule has 18 heavy (non-hydrogen) atoms. The van der Waals surface area contributed by atoms with Gasteiger partial charge in [-0.05, 0) is 0 Å². The maximum absolute atomic E-state index is 11.8. The Bertz CT molecular complexity index is 520. The number of nitrogens with one attached hydrogen (secondary N) is 1. The van der Waals surface area contributed by atoms with Gasteiger partial charge in [-0.2, -0.15) is 11.8 Å². The molecule has 0 bridgehead atoms. The van der Waals surface area contributed by atoms with Crippen molar-refractivity contribution in [3.8, 4) is 0 Å². The van der Waals surface area contributed by atoms with E-state index < -0.39 is 15.2 Å². The van der Waals surface area contributed by atoms with Crippen LogP contribution in [-0.2, 0) is 9.84 Å². The number of nitrogens with zero attached hydrogens (tertiary/aromatic N) is 3. The van der Waals surface area contributed by atoms with Crippen LogP contribution >= 0.6 is 11.8 Å². The van der Waals surface area contributed by atoms with E-state index in [9.17, 15) is 8.42 Å². The first-order valence-electron chi connectivity index (χ1n) is 5.55. The minimum atomic E-state index is -3.13. The van der Waals surface area contributed by atoms with Crippen LogP contribution in [0.25, 0.3) is 0 Å². The molecule has 1 aromatic rings. The molecule has 6 nitrogen and oxygen atoms in total. The Morgan fingerprint density at radius 2 is 2.28 bits per heavy atom. The van der Waals surface area contributed by atoms with Crippen LogP contribution in [-0.4, -0.2) is 55.1 Å². The number of rotatable bonds is 3. The van der Waals surface area contributed by atoms with Crippen molar-refractivity contribution >= 4 is 33.2 Å². The summed E-state index contributed by atoms with van der Waals surface area (Å²) < 4.78 is 23.6. The second kappa shape index (κ2) is 5.31. The van der Waals surface area contributed by atoms with Gasteiger partial charge in [-0.3, -0.25) is 4.98 Å². The Kier molecular flexibility index (Phi) is 3.96. The van der Waals surface area contributed by atoms with E-state index in [0.717, 1.165) is 5.75 Å². The van der Waals surface area contributed by atoms with E-state index in [0.29, 0.717) is 23.9 Å². The average Bonchev–Trinajstić information content (AvgIpc) is 2.38. The molecule has 0 radical (unpaired) electrons. The lowest BCUT2D eigenvalue weighted by Crippen LogP contribution is -2.47. The Balaban J connectivity index is 2.33. The first-order valence-corrected chi connectivity index (χ1v) is 8.66. The van der Waals surface area contributed by atoms with Crippen molar-refractivity contribution in [2.75, 3.05) is 41.6 Å². The van der Waals surface area contributed by atoms with Gasteiger partial charge in [0.05, 0.1) is 12.4 Å². The van der Waals surface area contributed by atoms with Gasteiger partial charge in [0, 0.05) is 31.4 Å². The van der Waals surface area contributed by atoms with Crippen LogP contribution in [0.4, 0.5) is 11.6 Å². The summed E-state index contributed by atoms with van der Waals surface area (Å²) in [6.07, 6.45) is 4.48. The second-order valence-electron chi connectivity index (χ2n) is 4.06. The zero-order valence-corrected chi connectivity index (χ0v) is 12.0. The molecule has 100 valence electrons. The molecule has 8 heteroatoms. The maximum atomic E-state index is 11.8. The average molecular weight is 288 g/mol. The van der Waals surface area contributed by atoms with E-state index in [1.807, 2.05) is 4.90 Å². The molecule has 1 aromatic heterocycles.